The van der Waals surface area contributed by atoms with Gasteiger partial charge in [-0.1, -0.05) is 11.6 Å². The Labute approximate surface area is 200 Å². The molecule has 12 heteroatoms. The molecule has 0 fully saturated rings. The predicted molar refractivity (Wildman–Crippen MR) is 121 cm³/mol. The summed E-state index contributed by atoms with van der Waals surface area (Å²) in [5.74, 6) is -1.88. The van der Waals surface area contributed by atoms with E-state index in [0.29, 0.717) is 9.01 Å². The van der Waals surface area contributed by atoms with Crippen molar-refractivity contribution >= 4 is 48.9 Å². The molecule has 0 saturated heterocycles. The Kier molecular flexibility index (Phi) is 6.30. The summed E-state index contributed by atoms with van der Waals surface area (Å²) in [6.07, 6.45) is -4.59. The number of anilines is 1. The van der Waals surface area contributed by atoms with Crippen LogP contribution in [0.1, 0.15) is 23.5 Å². The number of hydrogen-bond acceptors (Lipinski definition) is 4. The van der Waals surface area contributed by atoms with Crippen LogP contribution in [0.25, 0.3) is 10.2 Å². The third-order valence-electron chi connectivity index (χ3n) is 4.96. The number of sulfonamides is 1. The predicted octanol–water partition coefficient (Wildman–Crippen LogP) is 7.20. The average molecular weight is 533 g/mol. The molecule has 0 bridgehead atoms. The Hall–Kier alpha value is -2.76. The van der Waals surface area contributed by atoms with E-state index in [1.54, 1.807) is 0 Å². The molecule has 4 rings (SSSR count). The monoisotopic (exact) mass is 532 g/mol. The maximum atomic E-state index is 14.8. The molecule has 178 valence electrons. The van der Waals surface area contributed by atoms with Crippen molar-refractivity contribution in [2.45, 2.75) is 24.0 Å². The van der Waals surface area contributed by atoms with Crippen LogP contribution in [0.2, 0.25) is 5.02 Å². The third-order valence-corrected chi connectivity index (χ3v) is 8.31. The zero-order valence-electron chi connectivity index (χ0n) is 17.1. The minimum atomic E-state index is -4.59. The van der Waals surface area contributed by atoms with Gasteiger partial charge in [0.2, 0.25) is 0 Å². The first-order valence-corrected chi connectivity index (χ1v) is 12.2. The third kappa shape index (κ3) is 4.59. The Morgan fingerprint density at radius 3 is 2.32 bits per heavy atom. The highest BCUT2D eigenvalue weighted by Crippen LogP contribution is 2.39. The minimum Gasteiger partial charge on any atom is -0.254 e. The molecule has 0 radical (unpaired) electrons. The van der Waals surface area contributed by atoms with Gasteiger partial charge in [-0.25, -0.2) is 22.2 Å². The summed E-state index contributed by atoms with van der Waals surface area (Å²) in [7, 11) is -4.47. The van der Waals surface area contributed by atoms with Gasteiger partial charge in [0.05, 0.1) is 32.4 Å². The summed E-state index contributed by atoms with van der Waals surface area (Å²) in [5, 5.41) is 0.359. The second kappa shape index (κ2) is 8.79. The molecule has 0 amide bonds. The van der Waals surface area contributed by atoms with Gasteiger partial charge in [-0.15, -0.1) is 11.3 Å². The minimum absolute atomic E-state index is 0.00484. The van der Waals surface area contributed by atoms with E-state index in [-0.39, 0.29) is 20.4 Å². The largest absolute Gasteiger partial charge is 0.416 e. The van der Waals surface area contributed by atoms with E-state index in [1.807, 2.05) is 0 Å². The van der Waals surface area contributed by atoms with Crippen LogP contribution in [-0.2, 0) is 16.2 Å². The first kappa shape index (κ1) is 24.4. The number of rotatable bonds is 5. The van der Waals surface area contributed by atoms with Crippen LogP contribution < -0.4 is 4.31 Å². The molecule has 4 aromatic rings. The van der Waals surface area contributed by atoms with Gasteiger partial charge in [0.1, 0.15) is 16.6 Å². The molecule has 1 aromatic heterocycles. The number of halogens is 6. The lowest BCUT2D eigenvalue weighted by Gasteiger charge is -2.29. The maximum Gasteiger partial charge on any atom is 0.416 e. The van der Waals surface area contributed by atoms with Crippen LogP contribution in [0.5, 0.6) is 0 Å². The second-order valence-electron chi connectivity index (χ2n) is 7.26. The van der Waals surface area contributed by atoms with Gasteiger partial charge in [-0.05, 0) is 61.5 Å². The number of alkyl halides is 3. The number of thiazole rings is 1. The fourth-order valence-corrected chi connectivity index (χ4v) is 6.13. The summed E-state index contributed by atoms with van der Waals surface area (Å²) in [6, 6.07) is 9.22. The lowest BCUT2D eigenvalue weighted by molar-refractivity contribution is -0.137. The molecule has 0 saturated carbocycles. The van der Waals surface area contributed by atoms with Gasteiger partial charge >= 0.3 is 6.18 Å². The summed E-state index contributed by atoms with van der Waals surface area (Å²) < 4.78 is 96.2. The van der Waals surface area contributed by atoms with Crippen LogP contribution in [0.15, 0.2) is 65.6 Å². The van der Waals surface area contributed by atoms with Gasteiger partial charge in [0, 0.05) is 11.1 Å². The molecule has 1 atom stereocenters. The highest BCUT2D eigenvalue weighted by molar-refractivity contribution is 7.92. The normalized spacial score (nSPS) is 13.3. The van der Waals surface area contributed by atoms with E-state index in [1.165, 1.54) is 37.3 Å². The van der Waals surface area contributed by atoms with E-state index in [2.05, 4.69) is 4.98 Å². The smallest absolute Gasteiger partial charge is 0.254 e. The van der Waals surface area contributed by atoms with Crippen molar-refractivity contribution in [3.05, 3.63) is 87.9 Å². The average Bonchev–Trinajstić information content (AvgIpc) is 3.19. The topological polar surface area (TPSA) is 50.3 Å². The Bertz CT molecular complexity index is 1470. The molecule has 0 spiro atoms. The number of nitrogens with zero attached hydrogens (tertiary/aromatic N) is 2. The Morgan fingerprint density at radius 2 is 1.68 bits per heavy atom. The highest BCUT2D eigenvalue weighted by atomic mass is 35.5. The number of hydrogen-bond donors (Lipinski definition) is 0. The molecule has 4 nitrogen and oxygen atoms in total. The van der Waals surface area contributed by atoms with Gasteiger partial charge in [0.25, 0.3) is 10.0 Å². The van der Waals surface area contributed by atoms with Gasteiger partial charge in [-0.3, -0.25) is 4.31 Å². The first-order valence-electron chi connectivity index (χ1n) is 9.60. The lowest BCUT2D eigenvalue weighted by Crippen LogP contribution is -2.34. The highest BCUT2D eigenvalue weighted by Gasteiger charge is 2.35. The molecular formula is C22H14ClF5N2O2S2. The molecule has 0 aliphatic carbocycles. The van der Waals surface area contributed by atoms with Crippen molar-refractivity contribution in [1.29, 1.82) is 0 Å². The van der Waals surface area contributed by atoms with Crippen LogP contribution in [0.4, 0.5) is 27.6 Å². The summed E-state index contributed by atoms with van der Waals surface area (Å²) in [5.41, 5.74) is -1.48. The van der Waals surface area contributed by atoms with Crippen molar-refractivity contribution in [2.24, 2.45) is 0 Å². The SMILES string of the molecule is CC(c1nc2cc(C(F)(F)F)ccc2s1)N(c1cc(F)ccc1F)S(=O)(=O)c1ccc(Cl)cc1. The van der Waals surface area contributed by atoms with E-state index in [0.717, 1.165) is 41.7 Å². The molecule has 0 aliphatic rings. The fourth-order valence-electron chi connectivity index (χ4n) is 3.32. The molecule has 0 N–H and O–H groups in total. The Balaban J connectivity index is 1.88. The van der Waals surface area contributed by atoms with Crippen LogP contribution >= 0.6 is 22.9 Å². The number of aromatic nitrogens is 1. The molecule has 3 aromatic carbocycles. The molecule has 1 heterocycles. The van der Waals surface area contributed by atoms with Crippen LogP contribution in [0, 0.1) is 11.6 Å². The molecular weight excluding hydrogens is 519 g/mol. The number of fused-ring (bicyclic) bond motifs is 1. The summed E-state index contributed by atoms with van der Waals surface area (Å²) in [4.78, 5) is 3.94. The molecule has 34 heavy (non-hydrogen) atoms. The van der Waals surface area contributed by atoms with E-state index < -0.39 is 45.1 Å². The van der Waals surface area contributed by atoms with E-state index in [9.17, 15) is 30.4 Å². The number of benzene rings is 3. The quantitative estimate of drug-likeness (QED) is 0.255. The van der Waals surface area contributed by atoms with Crippen molar-refractivity contribution in [3.8, 4) is 0 Å². The summed E-state index contributed by atoms with van der Waals surface area (Å²) >= 11 is 6.80. The zero-order chi connectivity index (χ0) is 24.8. The zero-order valence-corrected chi connectivity index (χ0v) is 19.5. The standard InChI is InChI=1S/C22H14ClF5N2O2S2/c1-12(21-29-18-10-13(22(26,27)28)2-9-20(18)33-21)30(19-11-15(24)5-8-17(19)25)34(31,32)16-6-3-14(23)4-7-16/h2-12H,1H3. The second-order valence-corrected chi connectivity index (χ2v) is 10.6. The van der Waals surface area contributed by atoms with Crippen molar-refractivity contribution in [1.82, 2.24) is 4.98 Å². The molecule has 0 aliphatic heterocycles. The van der Waals surface area contributed by atoms with Gasteiger partial charge < -0.3 is 0 Å². The van der Waals surface area contributed by atoms with Crippen molar-refractivity contribution in [2.75, 3.05) is 4.31 Å². The van der Waals surface area contributed by atoms with E-state index >= 15 is 0 Å². The summed E-state index contributed by atoms with van der Waals surface area (Å²) in [6.45, 7) is 1.39. The van der Waals surface area contributed by atoms with Crippen molar-refractivity contribution in [3.63, 3.8) is 0 Å². The van der Waals surface area contributed by atoms with Gasteiger partial charge in [0.15, 0.2) is 0 Å². The van der Waals surface area contributed by atoms with Crippen molar-refractivity contribution < 1.29 is 30.4 Å². The van der Waals surface area contributed by atoms with Crippen LogP contribution in [-0.4, -0.2) is 13.4 Å². The maximum absolute atomic E-state index is 14.8. The van der Waals surface area contributed by atoms with E-state index in [4.69, 9.17) is 11.6 Å². The first-order chi connectivity index (χ1) is 15.9. The Morgan fingerprint density at radius 1 is 1.00 bits per heavy atom. The fraction of sp³-hybridized carbons (Fsp3) is 0.136. The van der Waals surface area contributed by atoms with Crippen LogP contribution in [0.3, 0.4) is 0 Å². The molecule has 1 unspecified atom stereocenters. The van der Waals surface area contributed by atoms with Gasteiger partial charge in [-0.2, -0.15) is 13.2 Å². The lowest BCUT2D eigenvalue weighted by atomic mass is 10.2.